The van der Waals surface area contributed by atoms with Gasteiger partial charge in [0, 0.05) is 41.9 Å². The van der Waals surface area contributed by atoms with Crippen molar-refractivity contribution in [1.82, 2.24) is 4.57 Å². The Morgan fingerprint density at radius 3 is 2.38 bits per heavy atom. The largest absolute Gasteiger partial charge is 0.479 e. The third-order valence-corrected chi connectivity index (χ3v) is 8.55. The van der Waals surface area contributed by atoms with E-state index >= 15 is 0 Å². The van der Waals surface area contributed by atoms with Crippen LogP contribution in [0.25, 0.3) is 22.0 Å². The predicted octanol–water partition coefficient (Wildman–Crippen LogP) is 6.09. The molecule has 0 saturated carbocycles. The minimum Gasteiger partial charge on any atom is -0.479 e. The maximum Gasteiger partial charge on any atom is 0.337 e. The van der Waals surface area contributed by atoms with E-state index in [2.05, 4.69) is 4.57 Å². The fourth-order valence-corrected chi connectivity index (χ4v) is 7.08. The van der Waals surface area contributed by atoms with Crippen molar-refractivity contribution in [3.05, 3.63) is 52.2 Å². The van der Waals surface area contributed by atoms with Gasteiger partial charge in [0.05, 0.1) is 29.1 Å². The van der Waals surface area contributed by atoms with Gasteiger partial charge in [-0.25, -0.2) is 13.2 Å². The number of methoxy groups -OCH3 is 1. The first-order chi connectivity index (χ1) is 18.2. The van der Waals surface area contributed by atoms with Crippen molar-refractivity contribution in [2.75, 3.05) is 24.3 Å². The highest BCUT2D eigenvalue weighted by atomic mass is 35.5. The lowest BCUT2D eigenvalue weighted by molar-refractivity contribution is -0.160. The Morgan fingerprint density at radius 1 is 1.21 bits per heavy atom. The average molecular weight is 577 g/mol. The first-order valence-electron chi connectivity index (χ1n) is 13.0. The summed E-state index contributed by atoms with van der Waals surface area (Å²) in [6, 6.07) is 8.91. The Hall–Kier alpha value is -2.59. The van der Waals surface area contributed by atoms with E-state index in [9.17, 15) is 18.3 Å². The van der Waals surface area contributed by atoms with E-state index in [1.165, 1.54) is 10.6 Å². The lowest BCUT2D eigenvalue weighted by Gasteiger charge is -2.39. The zero-order chi connectivity index (χ0) is 28.9. The second-order valence-corrected chi connectivity index (χ2v) is 13.5. The van der Waals surface area contributed by atoms with Crippen molar-refractivity contribution < 1.29 is 27.8 Å². The molecule has 39 heavy (non-hydrogen) atoms. The van der Waals surface area contributed by atoms with Crippen molar-refractivity contribution in [2.24, 2.45) is 0 Å². The fraction of sp³-hybridized carbons (Fsp3) is 0.483. The molecule has 8 nitrogen and oxygen atoms in total. The number of hydrogen-bond acceptors (Lipinski definition) is 5. The van der Waals surface area contributed by atoms with Crippen molar-refractivity contribution in [1.29, 1.82) is 0 Å². The molecular formula is C29H37ClN2O6S. The third-order valence-electron chi connectivity index (χ3n) is 7.11. The number of benzene rings is 2. The first kappa shape index (κ1) is 29.4. The van der Waals surface area contributed by atoms with E-state index in [1.54, 1.807) is 46.9 Å². The van der Waals surface area contributed by atoms with Crippen LogP contribution in [0.5, 0.6) is 0 Å². The zero-order valence-corrected chi connectivity index (χ0v) is 25.1. The number of aliphatic carboxylic acids is 1. The molecule has 2 heterocycles. The number of halogens is 1. The van der Waals surface area contributed by atoms with Crippen LogP contribution in [0.1, 0.15) is 56.5 Å². The third kappa shape index (κ3) is 5.68. The van der Waals surface area contributed by atoms with Crippen LogP contribution in [-0.4, -0.2) is 55.7 Å². The summed E-state index contributed by atoms with van der Waals surface area (Å²) in [5.74, 6) is -1.15. The van der Waals surface area contributed by atoms with Crippen LogP contribution < -0.4 is 4.31 Å². The van der Waals surface area contributed by atoms with Gasteiger partial charge < -0.3 is 19.1 Å². The van der Waals surface area contributed by atoms with Gasteiger partial charge in [0.1, 0.15) is 0 Å². The maximum absolute atomic E-state index is 13.4. The summed E-state index contributed by atoms with van der Waals surface area (Å²) < 4.78 is 41.8. The number of carboxylic acids is 1. The Balaban J connectivity index is 2.15. The summed E-state index contributed by atoms with van der Waals surface area (Å²) in [5.41, 5.74) is 3.94. The normalized spacial score (nSPS) is 16.6. The Bertz CT molecular complexity index is 1510. The van der Waals surface area contributed by atoms with E-state index in [0.717, 1.165) is 22.2 Å². The van der Waals surface area contributed by atoms with Gasteiger partial charge in [-0.15, -0.1) is 0 Å². The molecule has 0 bridgehead atoms. The zero-order valence-electron chi connectivity index (χ0n) is 23.5. The number of carbonyl (C=O) groups is 1. The van der Waals surface area contributed by atoms with Crippen LogP contribution in [0.4, 0.5) is 5.69 Å². The molecule has 1 aliphatic rings. The van der Waals surface area contributed by atoms with E-state index in [4.69, 9.17) is 21.1 Å². The molecule has 0 radical (unpaired) electrons. The molecule has 0 spiro atoms. The van der Waals surface area contributed by atoms with Crippen molar-refractivity contribution in [3.8, 4) is 11.1 Å². The van der Waals surface area contributed by atoms with Gasteiger partial charge in [0.2, 0.25) is 10.0 Å². The highest BCUT2D eigenvalue weighted by Gasteiger charge is 2.40. The van der Waals surface area contributed by atoms with Crippen LogP contribution in [0.3, 0.4) is 0 Å². The van der Waals surface area contributed by atoms with Crippen LogP contribution >= 0.6 is 11.6 Å². The highest BCUT2D eigenvalue weighted by Crippen LogP contribution is 2.49. The van der Waals surface area contributed by atoms with Crippen molar-refractivity contribution in [3.63, 3.8) is 0 Å². The van der Waals surface area contributed by atoms with E-state index in [-0.39, 0.29) is 6.04 Å². The topological polar surface area (TPSA) is 98.1 Å². The smallest absolute Gasteiger partial charge is 0.337 e. The van der Waals surface area contributed by atoms with Gasteiger partial charge in [0.25, 0.3) is 0 Å². The molecule has 2 atom stereocenters. The van der Waals surface area contributed by atoms with Gasteiger partial charge >= 0.3 is 5.97 Å². The molecule has 2 aromatic carbocycles. The summed E-state index contributed by atoms with van der Waals surface area (Å²) in [6.07, 6.45) is 1.15. The maximum atomic E-state index is 13.4. The summed E-state index contributed by atoms with van der Waals surface area (Å²) in [7, 11) is -2.10. The molecule has 0 fully saturated rings. The number of aryl methyl sites for hydroxylation is 1. The second kappa shape index (κ2) is 10.8. The van der Waals surface area contributed by atoms with Crippen molar-refractivity contribution >= 4 is 44.2 Å². The van der Waals surface area contributed by atoms with Crippen LogP contribution in [0, 0.1) is 13.8 Å². The minimum atomic E-state index is -3.72. The van der Waals surface area contributed by atoms with Gasteiger partial charge in [-0.2, -0.15) is 0 Å². The molecule has 4 rings (SSSR count). The number of aromatic nitrogens is 1. The van der Waals surface area contributed by atoms with Gasteiger partial charge in [-0.05, 0) is 82.3 Å². The highest BCUT2D eigenvalue weighted by molar-refractivity contribution is 7.92. The second-order valence-electron chi connectivity index (χ2n) is 11.2. The van der Waals surface area contributed by atoms with Gasteiger partial charge in [-0.3, -0.25) is 4.31 Å². The summed E-state index contributed by atoms with van der Waals surface area (Å²) in [4.78, 5) is 12.8. The van der Waals surface area contributed by atoms with Gasteiger partial charge in [0.15, 0.2) is 6.10 Å². The molecule has 1 N–H and O–H groups in total. The number of hydrogen-bond donors (Lipinski definition) is 1. The first-order valence-corrected chi connectivity index (χ1v) is 15.2. The molecule has 0 aliphatic carbocycles. The molecule has 0 amide bonds. The lowest BCUT2D eigenvalue weighted by atomic mass is 9.87. The number of sulfonamides is 1. The number of rotatable bonds is 9. The quantitative estimate of drug-likeness (QED) is 0.309. The molecule has 0 saturated heterocycles. The molecule has 10 heteroatoms. The van der Waals surface area contributed by atoms with Crippen molar-refractivity contribution in [2.45, 2.75) is 71.8 Å². The molecule has 3 aromatic rings. The lowest BCUT2D eigenvalue weighted by Crippen LogP contribution is -2.46. The van der Waals surface area contributed by atoms with Gasteiger partial charge in [-0.1, -0.05) is 23.7 Å². The molecule has 212 valence electrons. The van der Waals surface area contributed by atoms with Crippen LogP contribution in [0.15, 0.2) is 30.3 Å². The molecular weight excluding hydrogens is 540 g/mol. The molecule has 1 aliphatic heterocycles. The summed E-state index contributed by atoms with van der Waals surface area (Å²) >= 11 is 6.21. The SMILES string of the molecule is COCCC[C@H]1Cn2c(C)cc3c(-c4ccc(Cl)cc4)c([C@H](OC(C)(C)C)C(=O)O)c(C)c(c32)N1S(C)(=O)=O. The predicted molar refractivity (Wildman–Crippen MR) is 155 cm³/mol. The number of anilines is 1. The molecule has 0 unspecified atom stereocenters. The fourth-order valence-electron chi connectivity index (χ4n) is 5.68. The Morgan fingerprint density at radius 2 is 1.85 bits per heavy atom. The average Bonchev–Trinajstić information content (AvgIpc) is 3.15. The van der Waals surface area contributed by atoms with E-state index in [0.29, 0.717) is 53.4 Å². The number of nitrogens with zero attached hydrogens (tertiary/aromatic N) is 2. The van der Waals surface area contributed by atoms with Crippen LogP contribution in [-0.2, 0) is 30.8 Å². The monoisotopic (exact) mass is 576 g/mol. The molecule has 1 aromatic heterocycles. The summed E-state index contributed by atoms with van der Waals surface area (Å²) in [5, 5.41) is 11.8. The van der Waals surface area contributed by atoms with E-state index < -0.39 is 27.7 Å². The Kier molecular flexibility index (Phi) is 8.11. The standard InChI is InChI=1S/C29H37ClN2O6S/c1-17-15-22-24(19-10-12-20(30)13-11-19)23(27(28(33)34)38-29(3,4)5)18(2)25-26(22)31(17)16-21(9-8-14-37-6)32(25)39(7,35)36/h10-13,15,21,27H,8-9,14,16H2,1-7H3,(H,33,34)/t21-,27-/m0/s1. The van der Waals surface area contributed by atoms with E-state index in [1.807, 2.05) is 25.1 Å². The Labute approximate surface area is 235 Å². The minimum absolute atomic E-state index is 0.350. The number of ether oxygens (including phenoxy) is 2. The number of carboxylic acid groups (broad SMARTS) is 1. The summed E-state index contributed by atoms with van der Waals surface area (Å²) in [6.45, 7) is 10.2. The van der Waals surface area contributed by atoms with Crippen LogP contribution in [0.2, 0.25) is 5.02 Å².